The van der Waals surface area contributed by atoms with E-state index in [1.54, 1.807) is 10.6 Å². The molecule has 0 radical (unpaired) electrons. The fraction of sp³-hybridized carbons (Fsp3) is 0.400. The van der Waals surface area contributed by atoms with E-state index in [9.17, 15) is 9.18 Å². The second kappa shape index (κ2) is 8.98. The first-order valence-corrected chi connectivity index (χ1v) is 11.8. The lowest BCUT2D eigenvalue weighted by Crippen LogP contribution is -2.36. The summed E-state index contributed by atoms with van der Waals surface area (Å²) in [5, 5.41) is 15.6. The fourth-order valence-corrected chi connectivity index (χ4v) is 4.22. The Kier molecular flexibility index (Phi) is 5.95. The highest BCUT2D eigenvalue weighted by Gasteiger charge is 2.22. The predicted molar refractivity (Wildman–Crippen MR) is 134 cm³/mol. The summed E-state index contributed by atoms with van der Waals surface area (Å²) in [6.45, 7) is 12.2. The van der Waals surface area contributed by atoms with Crippen molar-refractivity contribution in [2.24, 2.45) is 0 Å². The third-order valence-electron chi connectivity index (χ3n) is 6.07. The summed E-state index contributed by atoms with van der Waals surface area (Å²) in [6.07, 6.45) is 3.25. The van der Waals surface area contributed by atoms with Crippen LogP contribution in [0.25, 0.3) is 16.8 Å². The second-order valence-electron chi connectivity index (χ2n) is 9.93. The largest absolute Gasteiger partial charge is 0.378 e. The van der Waals surface area contributed by atoms with Gasteiger partial charge in [0, 0.05) is 24.8 Å². The van der Waals surface area contributed by atoms with E-state index in [0.717, 1.165) is 41.1 Å². The summed E-state index contributed by atoms with van der Waals surface area (Å²) in [5.41, 5.74) is 3.83. The number of ether oxygens (including phenoxy) is 1. The number of nitrogens with one attached hydrogen (secondary N) is 1. The SMILES string of the molecule is Cc1nc2c(N3CCOCC3)cc(-c3cc(NC(=O)c4cnn(C(C)(C)C)n4)c(F)cc3C)cn2n1. The number of anilines is 2. The van der Waals surface area contributed by atoms with Crippen LogP contribution in [0.15, 0.2) is 30.6 Å². The molecular weight excluding hydrogens is 463 g/mol. The smallest absolute Gasteiger partial charge is 0.277 e. The Morgan fingerprint density at radius 3 is 2.56 bits per heavy atom. The number of aromatic nitrogens is 6. The minimum absolute atomic E-state index is 0.0636. The summed E-state index contributed by atoms with van der Waals surface area (Å²) < 4.78 is 22.2. The van der Waals surface area contributed by atoms with Crippen LogP contribution in [0.3, 0.4) is 0 Å². The zero-order valence-electron chi connectivity index (χ0n) is 21.0. The highest BCUT2D eigenvalue weighted by atomic mass is 19.1. The molecule has 4 heterocycles. The molecule has 3 aromatic heterocycles. The minimum atomic E-state index is -0.532. The number of carbonyl (C=O) groups is 1. The van der Waals surface area contributed by atoms with Crippen molar-refractivity contribution in [2.75, 3.05) is 36.5 Å². The van der Waals surface area contributed by atoms with Crippen LogP contribution in [0.2, 0.25) is 0 Å². The number of amides is 1. The molecule has 0 unspecified atom stereocenters. The summed E-state index contributed by atoms with van der Waals surface area (Å²) in [6, 6.07) is 5.10. The Morgan fingerprint density at radius 2 is 1.86 bits per heavy atom. The molecule has 11 heteroatoms. The summed E-state index contributed by atoms with van der Waals surface area (Å²) >= 11 is 0. The van der Waals surface area contributed by atoms with Gasteiger partial charge in [0.15, 0.2) is 11.3 Å². The van der Waals surface area contributed by atoms with Crippen LogP contribution in [0.5, 0.6) is 0 Å². The molecule has 1 N–H and O–H groups in total. The lowest BCUT2D eigenvalue weighted by Gasteiger charge is -2.29. The summed E-state index contributed by atoms with van der Waals surface area (Å²) in [5.74, 6) is -0.400. The van der Waals surface area contributed by atoms with E-state index < -0.39 is 11.7 Å². The molecule has 1 aliphatic rings. The van der Waals surface area contributed by atoms with Crippen molar-refractivity contribution in [3.05, 3.63) is 53.5 Å². The maximum absolute atomic E-state index is 14.9. The highest BCUT2D eigenvalue weighted by Crippen LogP contribution is 2.33. The van der Waals surface area contributed by atoms with Gasteiger partial charge in [-0.15, -0.1) is 5.10 Å². The lowest BCUT2D eigenvalue weighted by molar-refractivity contribution is 0.102. The number of hydrogen-bond acceptors (Lipinski definition) is 7. The van der Waals surface area contributed by atoms with E-state index in [0.29, 0.717) is 19.0 Å². The van der Waals surface area contributed by atoms with Crippen LogP contribution >= 0.6 is 0 Å². The van der Waals surface area contributed by atoms with Gasteiger partial charge < -0.3 is 15.0 Å². The van der Waals surface area contributed by atoms with Crippen LogP contribution in [-0.4, -0.2) is 61.8 Å². The first-order valence-electron chi connectivity index (χ1n) is 11.8. The van der Waals surface area contributed by atoms with Gasteiger partial charge in [-0.3, -0.25) is 4.79 Å². The van der Waals surface area contributed by atoms with Gasteiger partial charge in [0.1, 0.15) is 11.6 Å². The number of hydrogen-bond donors (Lipinski definition) is 1. The van der Waals surface area contributed by atoms with Crippen LogP contribution in [0.1, 0.15) is 42.6 Å². The van der Waals surface area contributed by atoms with E-state index in [1.807, 2.05) is 46.9 Å². The Hall–Kier alpha value is -3.86. The molecule has 0 saturated carbocycles. The molecule has 0 aliphatic carbocycles. The molecule has 4 aromatic rings. The molecule has 1 aromatic carbocycles. The molecule has 5 rings (SSSR count). The van der Waals surface area contributed by atoms with Gasteiger partial charge in [0.05, 0.1) is 36.3 Å². The number of fused-ring (bicyclic) bond motifs is 1. The molecule has 1 fully saturated rings. The third kappa shape index (κ3) is 4.53. The number of morpholine rings is 1. The topological polar surface area (TPSA) is 102 Å². The van der Waals surface area contributed by atoms with Crippen LogP contribution in [-0.2, 0) is 10.3 Å². The predicted octanol–water partition coefficient (Wildman–Crippen LogP) is 3.59. The van der Waals surface area contributed by atoms with E-state index in [4.69, 9.17) is 4.74 Å². The summed E-state index contributed by atoms with van der Waals surface area (Å²) in [7, 11) is 0. The molecule has 0 atom stereocenters. The van der Waals surface area contributed by atoms with Crippen molar-refractivity contribution < 1.29 is 13.9 Å². The fourth-order valence-electron chi connectivity index (χ4n) is 4.22. The molecule has 10 nitrogen and oxygen atoms in total. The molecule has 1 aliphatic heterocycles. The zero-order chi connectivity index (χ0) is 25.6. The molecule has 0 spiro atoms. The average molecular weight is 493 g/mol. The molecular formula is C25H29FN8O2. The first-order chi connectivity index (χ1) is 17.1. The van der Waals surface area contributed by atoms with Gasteiger partial charge in [-0.25, -0.2) is 13.9 Å². The number of nitrogens with zero attached hydrogens (tertiary/aromatic N) is 7. The number of benzene rings is 1. The monoisotopic (exact) mass is 492 g/mol. The zero-order valence-corrected chi connectivity index (χ0v) is 21.0. The van der Waals surface area contributed by atoms with Crippen molar-refractivity contribution >= 4 is 22.9 Å². The Morgan fingerprint density at radius 1 is 1.11 bits per heavy atom. The van der Waals surface area contributed by atoms with Crippen molar-refractivity contribution in [3.63, 3.8) is 0 Å². The van der Waals surface area contributed by atoms with E-state index in [1.165, 1.54) is 17.1 Å². The van der Waals surface area contributed by atoms with Crippen molar-refractivity contribution in [2.45, 2.75) is 40.2 Å². The highest BCUT2D eigenvalue weighted by molar-refractivity contribution is 6.03. The van der Waals surface area contributed by atoms with Crippen LogP contribution in [0, 0.1) is 19.7 Å². The van der Waals surface area contributed by atoms with Gasteiger partial charge in [-0.1, -0.05) is 0 Å². The van der Waals surface area contributed by atoms with Crippen LogP contribution < -0.4 is 10.2 Å². The lowest BCUT2D eigenvalue weighted by atomic mass is 10.00. The van der Waals surface area contributed by atoms with Crippen LogP contribution in [0.4, 0.5) is 15.8 Å². The number of halogens is 1. The van der Waals surface area contributed by atoms with Crippen molar-refractivity contribution in [1.29, 1.82) is 0 Å². The quantitative estimate of drug-likeness (QED) is 0.464. The van der Waals surface area contributed by atoms with Gasteiger partial charge in [-0.2, -0.15) is 15.0 Å². The van der Waals surface area contributed by atoms with Gasteiger partial charge in [0.25, 0.3) is 5.91 Å². The molecule has 0 bridgehead atoms. The van der Waals surface area contributed by atoms with Crippen molar-refractivity contribution in [3.8, 4) is 11.1 Å². The molecule has 1 amide bonds. The maximum atomic E-state index is 14.9. The molecule has 1 saturated heterocycles. The van der Waals surface area contributed by atoms with Gasteiger partial charge in [-0.05, 0) is 63.9 Å². The number of aryl methyl sites for hydroxylation is 2. The second-order valence-corrected chi connectivity index (χ2v) is 9.93. The number of pyridine rings is 1. The first kappa shape index (κ1) is 23.9. The maximum Gasteiger partial charge on any atom is 0.277 e. The average Bonchev–Trinajstić information content (AvgIpc) is 3.47. The minimum Gasteiger partial charge on any atom is -0.378 e. The van der Waals surface area contributed by atoms with Gasteiger partial charge >= 0.3 is 0 Å². The normalized spacial score (nSPS) is 14.4. The van der Waals surface area contributed by atoms with E-state index >= 15 is 0 Å². The molecule has 36 heavy (non-hydrogen) atoms. The molecule has 188 valence electrons. The Balaban J connectivity index is 1.53. The number of rotatable bonds is 4. The van der Waals surface area contributed by atoms with E-state index in [2.05, 4.69) is 30.5 Å². The standard InChI is InChI=1S/C25H29FN8O2/c1-15-10-19(26)20(29-24(35)21-13-27-34(31-21)25(3,4)5)12-18(15)17-11-22(32-6-8-36-9-7-32)23-28-16(2)30-33(23)14-17/h10-14H,6-9H2,1-5H3,(H,29,35). The Labute approximate surface area is 208 Å². The Bertz CT molecular complexity index is 1450. The third-order valence-corrected chi connectivity index (χ3v) is 6.07. The summed E-state index contributed by atoms with van der Waals surface area (Å²) in [4.78, 5) is 21.1. The van der Waals surface area contributed by atoms with E-state index in [-0.39, 0.29) is 16.9 Å². The van der Waals surface area contributed by atoms with Crippen molar-refractivity contribution in [1.82, 2.24) is 29.6 Å². The number of carbonyl (C=O) groups excluding carboxylic acids is 1. The van der Waals surface area contributed by atoms with Gasteiger partial charge in [0.2, 0.25) is 0 Å².